The van der Waals surface area contributed by atoms with E-state index in [1.807, 2.05) is 0 Å². The Hall–Kier alpha value is -0.760. The van der Waals surface area contributed by atoms with Crippen molar-refractivity contribution in [3.63, 3.8) is 0 Å². The lowest BCUT2D eigenvalue weighted by Gasteiger charge is -2.16. The molecule has 1 unspecified atom stereocenters. The second kappa shape index (κ2) is 3.31. The lowest BCUT2D eigenvalue weighted by Crippen LogP contribution is -2.22. The predicted octanol–water partition coefficient (Wildman–Crippen LogP) is 2.36. The zero-order chi connectivity index (χ0) is 9.19. The first-order chi connectivity index (χ1) is 5.52. The van der Waals surface area contributed by atoms with Gasteiger partial charge in [-0.2, -0.15) is 0 Å². The van der Waals surface area contributed by atoms with Crippen LogP contribution in [0.2, 0.25) is 0 Å². The molecule has 0 spiro atoms. The standard InChI is InChI=1S/C10H16O2/c1-8(2)5-4-6-10(3,11)9-7-12-9/h5,7,11H,4,6H2,1-3H3. The quantitative estimate of drug-likeness (QED) is 0.653. The van der Waals surface area contributed by atoms with E-state index in [0.29, 0.717) is 5.76 Å². The van der Waals surface area contributed by atoms with Crippen LogP contribution < -0.4 is 0 Å². The Bertz CT molecular complexity index is 220. The van der Waals surface area contributed by atoms with Gasteiger partial charge in [-0.15, -0.1) is 0 Å². The van der Waals surface area contributed by atoms with Gasteiger partial charge in [-0.1, -0.05) is 11.6 Å². The fraction of sp³-hybridized carbons (Fsp3) is 0.600. The minimum Gasteiger partial charge on any atom is -0.459 e. The first kappa shape index (κ1) is 9.33. The Labute approximate surface area is 73.5 Å². The van der Waals surface area contributed by atoms with Crippen molar-refractivity contribution in [1.82, 2.24) is 0 Å². The molecule has 0 saturated heterocycles. The lowest BCUT2D eigenvalue weighted by molar-refractivity contribution is 0.0714. The number of hydrogen-bond acceptors (Lipinski definition) is 2. The maximum absolute atomic E-state index is 9.74. The molecule has 0 saturated carbocycles. The van der Waals surface area contributed by atoms with Crippen LogP contribution in [0.15, 0.2) is 23.7 Å². The Morgan fingerprint density at radius 1 is 1.67 bits per heavy atom. The Morgan fingerprint density at radius 3 is 2.67 bits per heavy atom. The smallest absolute Gasteiger partial charge is 0.170 e. The Balaban J connectivity index is 2.30. The summed E-state index contributed by atoms with van der Waals surface area (Å²) in [6.45, 7) is 5.90. The average molecular weight is 168 g/mol. The van der Waals surface area contributed by atoms with Gasteiger partial charge < -0.3 is 9.84 Å². The molecular formula is C10H16O2. The van der Waals surface area contributed by atoms with E-state index < -0.39 is 5.60 Å². The third kappa shape index (κ3) is 2.70. The summed E-state index contributed by atoms with van der Waals surface area (Å²) in [7, 11) is 0. The van der Waals surface area contributed by atoms with Gasteiger partial charge in [0.1, 0.15) is 11.9 Å². The summed E-state index contributed by atoms with van der Waals surface area (Å²) in [5.74, 6) is 0.713. The maximum Gasteiger partial charge on any atom is 0.170 e. The average Bonchev–Trinajstić information content (AvgIpc) is 2.65. The zero-order valence-corrected chi connectivity index (χ0v) is 7.92. The van der Waals surface area contributed by atoms with Crippen LogP contribution in [0.5, 0.6) is 0 Å². The monoisotopic (exact) mass is 168 g/mol. The molecule has 0 radical (unpaired) electrons. The van der Waals surface area contributed by atoms with Crippen molar-refractivity contribution >= 4 is 0 Å². The van der Waals surface area contributed by atoms with Crippen molar-refractivity contribution in [1.29, 1.82) is 0 Å². The molecule has 1 atom stereocenters. The number of allylic oxidation sites excluding steroid dienone is 2. The molecule has 2 nitrogen and oxygen atoms in total. The first-order valence-corrected chi connectivity index (χ1v) is 4.25. The first-order valence-electron chi connectivity index (χ1n) is 4.25. The van der Waals surface area contributed by atoms with Crippen molar-refractivity contribution in [3.8, 4) is 0 Å². The molecule has 0 aromatic carbocycles. The summed E-state index contributed by atoms with van der Waals surface area (Å²) in [5.41, 5.74) is 0.530. The van der Waals surface area contributed by atoms with Crippen molar-refractivity contribution in [2.75, 3.05) is 0 Å². The highest BCUT2D eigenvalue weighted by molar-refractivity contribution is 5.16. The molecule has 1 heterocycles. The largest absolute Gasteiger partial charge is 0.459 e. The summed E-state index contributed by atoms with van der Waals surface area (Å²) < 4.78 is 4.85. The highest BCUT2D eigenvalue weighted by atomic mass is 16.6. The van der Waals surface area contributed by atoms with Gasteiger partial charge in [0.2, 0.25) is 0 Å². The fourth-order valence-electron chi connectivity index (χ4n) is 1.05. The van der Waals surface area contributed by atoms with Gasteiger partial charge in [0.25, 0.3) is 0 Å². The van der Waals surface area contributed by atoms with Crippen molar-refractivity contribution in [3.05, 3.63) is 23.7 Å². The predicted molar refractivity (Wildman–Crippen MR) is 48.5 cm³/mol. The van der Waals surface area contributed by atoms with Crippen LogP contribution in [0, 0.1) is 0 Å². The van der Waals surface area contributed by atoms with Crippen LogP contribution in [0.3, 0.4) is 0 Å². The van der Waals surface area contributed by atoms with Crippen molar-refractivity contribution in [2.24, 2.45) is 0 Å². The number of hydrogen-bond donors (Lipinski definition) is 1. The van der Waals surface area contributed by atoms with E-state index in [2.05, 4.69) is 19.9 Å². The van der Waals surface area contributed by atoms with Crippen LogP contribution in [0.25, 0.3) is 0 Å². The SMILES string of the molecule is CC(C)=CCCC(C)(O)C1=CO1. The van der Waals surface area contributed by atoms with Gasteiger partial charge in [0.05, 0.1) is 0 Å². The molecule has 0 aromatic rings. The van der Waals surface area contributed by atoms with Gasteiger partial charge in [-0.3, -0.25) is 0 Å². The van der Waals surface area contributed by atoms with E-state index >= 15 is 0 Å². The third-order valence-electron chi connectivity index (χ3n) is 1.95. The van der Waals surface area contributed by atoms with Gasteiger partial charge >= 0.3 is 0 Å². The second-order valence-electron chi connectivity index (χ2n) is 3.69. The molecule has 0 aliphatic carbocycles. The molecule has 0 amide bonds. The highest BCUT2D eigenvalue weighted by Crippen LogP contribution is 2.31. The maximum atomic E-state index is 9.74. The molecule has 1 aliphatic rings. The minimum absolute atomic E-state index is 0.713. The number of rotatable bonds is 4. The summed E-state index contributed by atoms with van der Waals surface area (Å²) in [5, 5.41) is 9.74. The highest BCUT2D eigenvalue weighted by Gasteiger charge is 2.33. The van der Waals surface area contributed by atoms with E-state index in [1.165, 1.54) is 5.57 Å². The summed E-state index contributed by atoms with van der Waals surface area (Å²) >= 11 is 0. The normalized spacial score (nSPS) is 18.8. The fourth-order valence-corrected chi connectivity index (χ4v) is 1.05. The van der Waals surface area contributed by atoms with Crippen LogP contribution in [-0.4, -0.2) is 10.7 Å². The zero-order valence-electron chi connectivity index (χ0n) is 7.92. The molecular weight excluding hydrogens is 152 g/mol. The summed E-state index contributed by atoms with van der Waals surface area (Å²) in [6, 6.07) is 0. The van der Waals surface area contributed by atoms with Crippen LogP contribution in [-0.2, 0) is 4.74 Å². The van der Waals surface area contributed by atoms with Gasteiger partial charge in [-0.25, -0.2) is 0 Å². The van der Waals surface area contributed by atoms with E-state index in [4.69, 9.17) is 4.74 Å². The van der Waals surface area contributed by atoms with E-state index in [0.717, 1.165) is 12.8 Å². The lowest BCUT2D eigenvalue weighted by atomic mass is 9.99. The van der Waals surface area contributed by atoms with Gasteiger partial charge in [-0.05, 0) is 33.6 Å². The van der Waals surface area contributed by atoms with Crippen LogP contribution >= 0.6 is 0 Å². The summed E-state index contributed by atoms with van der Waals surface area (Å²) in [4.78, 5) is 0. The molecule has 1 rings (SSSR count). The van der Waals surface area contributed by atoms with Crippen LogP contribution in [0.4, 0.5) is 0 Å². The molecule has 0 fully saturated rings. The van der Waals surface area contributed by atoms with Crippen molar-refractivity contribution in [2.45, 2.75) is 39.2 Å². The molecule has 68 valence electrons. The molecule has 0 aromatic heterocycles. The van der Waals surface area contributed by atoms with Crippen LogP contribution in [0.1, 0.15) is 33.6 Å². The minimum atomic E-state index is -0.758. The van der Waals surface area contributed by atoms with Crippen molar-refractivity contribution < 1.29 is 9.84 Å². The molecule has 0 bridgehead atoms. The van der Waals surface area contributed by atoms with E-state index in [-0.39, 0.29) is 0 Å². The Kier molecular flexibility index (Phi) is 2.58. The third-order valence-corrected chi connectivity index (χ3v) is 1.95. The molecule has 2 heteroatoms. The van der Waals surface area contributed by atoms with Gasteiger partial charge in [0, 0.05) is 0 Å². The topological polar surface area (TPSA) is 32.8 Å². The molecule has 1 N–H and O–H groups in total. The van der Waals surface area contributed by atoms with E-state index in [9.17, 15) is 5.11 Å². The Morgan fingerprint density at radius 2 is 2.25 bits per heavy atom. The molecule has 1 aliphatic heterocycles. The van der Waals surface area contributed by atoms with Gasteiger partial charge in [0.15, 0.2) is 5.76 Å². The second-order valence-corrected chi connectivity index (χ2v) is 3.69. The number of ether oxygens (including phenoxy) is 1. The molecule has 12 heavy (non-hydrogen) atoms. The van der Waals surface area contributed by atoms with E-state index in [1.54, 1.807) is 13.2 Å². The number of aliphatic hydroxyl groups is 1. The summed E-state index contributed by atoms with van der Waals surface area (Å²) in [6.07, 6.45) is 5.35.